The first kappa shape index (κ1) is 8.90. The summed E-state index contributed by atoms with van der Waals surface area (Å²) in [5.74, 6) is 0. The summed E-state index contributed by atoms with van der Waals surface area (Å²) in [5.41, 5.74) is 0. The first-order chi connectivity index (χ1) is 1.41. The molecule has 0 unspecified atom stereocenters. The average molecular weight is 87.1 g/mol. The van der Waals surface area contributed by atoms with Crippen molar-refractivity contribution in [3.05, 3.63) is 4.91 Å². The van der Waals surface area contributed by atoms with Gasteiger partial charge in [0.1, 0.15) is 0 Å². The van der Waals surface area contributed by atoms with Gasteiger partial charge in [0.25, 0.3) is 0 Å². The molecule has 0 aliphatic rings. The van der Waals surface area contributed by atoms with E-state index in [9.17, 15) is 0 Å². The molecule has 4 heavy (non-hydrogen) atoms. The molecule has 0 aromatic carbocycles. The maximum atomic E-state index is 8.11. The van der Waals surface area contributed by atoms with E-state index in [4.69, 9.17) is 10.1 Å². The zero-order valence-corrected chi connectivity index (χ0v) is 5.43. The summed E-state index contributed by atoms with van der Waals surface area (Å²) >= 11 is 0. The molecule has 20 valence electrons. The van der Waals surface area contributed by atoms with Crippen molar-refractivity contribution in [3.8, 4) is 0 Å². The minimum atomic E-state index is 0. The van der Waals surface area contributed by atoms with Crippen LogP contribution in [0.25, 0.3) is 0 Å². The molecule has 1 N–H and O–H groups in total. The topological polar surface area (TPSA) is 49.7 Å². The van der Waals surface area contributed by atoms with Crippen LogP contribution < -0.4 is 51.4 Å². The molecule has 3 nitrogen and oxygen atoms in total. The maximum absolute atomic E-state index is 8.11. The molecule has 0 amide bonds. The fourth-order valence-corrected chi connectivity index (χ4v) is 0. The van der Waals surface area contributed by atoms with E-state index >= 15 is 0 Å². The van der Waals surface area contributed by atoms with Crippen molar-refractivity contribution >= 4 is 0 Å². The second kappa shape index (κ2) is 8.97. The largest absolute Gasteiger partial charge is 1.00 e. The standard InChI is InChI=1S/K.HNO2.H/c;2-1-3;/h;(H,2,3);/q+1;;-1. The molecule has 0 aromatic rings. The van der Waals surface area contributed by atoms with Crippen LogP contribution in [-0.4, -0.2) is 5.21 Å². The van der Waals surface area contributed by atoms with E-state index in [0.717, 1.165) is 0 Å². The van der Waals surface area contributed by atoms with Crippen LogP contribution in [0.2, 0.25) is 0 Å². The van der Waals surface area contributed by atoms with Gasteiger partial charge in [-0.05, 0) is 0 Å². The minimum Gasteiger partial charge on any atom is -1.00 e. The van der Waals surface area contributed by atoms with Crippen LogP contribution in [-0.2, 0) is 0 Å². The number of nitrogens with zero attached hydrogens (tertiary/aromatic N) is 1. The van der Waals surface area contributed by atoms with Gasteiger partial charge in [-0.25, -0.2) is 0 Å². The smallest absolute Gasteiger partial charge is 1.00 e. The van der Waals surface area contributed by atoms with Gasteiger partial charge in [-0.2, -0.15) is 0 Å². The molecule has 0 atom stereocenters. The molecular formula is H2KNO2. The van der Waals surface area contributed by atoms with E-state index in [0.29, 0.717) is 0 Å². The Labute approximate surface area is 67.2 Å². The molecule has 0 spiro atoms. The number of hydrogen-bond acceptors (Lipinski definition) is 2. The van der Waals surface area contributed by atoms with E-state index in [-0.39, 0.29) is 52.8 Å². The van der Waals surface area contributed by atoms with Crippen LogP contribution in [0.3, 0.4) is 0 Å². The van der Waals surface area contributed by atoms with E-state index < -0.39 is 0 Å². The SMILES string of the molecule is O=NO.[H-].[K+]. The van der Waals surface area contributed by atoms with Gasteiger partial charge in [0, 0.05) is 0 Å². The van der Waals surface area contributed by atoms with Crippen molar-refractivity contribution < 1.29 is 58.0 Å². The molecule has 0 saturated heterocycles. The van der Waals surface area contributed by atoms with Crippen molar-refractivity contribution in [2.24, 2.45) is 5.34 Å². The van der Waals surface area contributed by atoms with Gasteiger partial charge in [-0.15, -0.1) is 4.91 Å². The molecule has 0 aliphatic heterocycles. The van der Waals surface area contributed by atoms with Crippen molar-refractivity contribution in [2.45, 2.75) is 0 Å². The first-order valence-corrected chi connectivity index (χ1v) is 0.383. The Morgan fingerprint density at radius 1 is 2.00 bits per heavy atom. The fraction of sp³-hybridized carbons (Fsp3) is 0. The second-order valence-electron chi connectivity index (χ2n) is 0.0816. The molecule has 0 aliphatic carbocycles. The summed E-state index contributed by atoms with van der Waals surface area (Å²) in [6, 6.07) is 0. The second-order valence-corrected chi connectivity index (χ2v) is 0.0816. The van der Waals surface area contributed by atoms with Crippen LogP contribution in [0, 0.1) is 4.91 Å². The Morgan fingerprint density at radius 3 is 2.00 bits per heavy atom. The predicted octanol–water partition coefficient (Wildman–Crippen LogP) is -2.74. The van der Waals surface area contributed by atoms with E-state index in [1.54, 1.807) is 0 Å². The van der Waals surface area contributed by atoms with Gasteiger partial charge in [0.15, 0.2) is 5.34 Å². The fourth-order valence-electron chi connectivity index (χ4n) is 0. The molecule has 0 aromatic heterocycles. The summed E-state index contributed by atoms with van der Waals surface area (Å²) in [5, 5.41) is 7.89. The van der Waals surface area contributed by atoms with E-state index in [1.807, 2.05) is 0 Å². The summed E-state index contributed by atoms with van der Waals surface area (Å²) in [7, 11) is 0. The molecule has 0 fully saturated rings. The average Bonchev–Trinajstić information content (AvgIpc) is 0.918. The summed E-state index contributed by atoms with van der Waals surface area (Å²) in [6.45, 7) is 0. The Morgan fingerprint density at radius 2 is 2.00 bits per heavy atom. The van der Waals surface area contributed by atoms with Gasteiger partial charge < -0.3 is 6.63 Å². The van der Waals surface area contributed by atoms with Crippen molar-refractivity contribution in [2.75, 3.05) is 0 Å². The normalized spacial score (nSPS) is 3.00. The summed E-state index contributed by atoms with van der Waals surface area (Å²) < 4.78 is 0. The van der Waals surface area contributed by atoms with Crippen molar-refractivity contribution in [1.29, 1.82) is 0 Å². The zero-order valence-electron chi connectivity index (χ0n) is 3.30. The third-order valence-corrected chi connectivity index (χ3v) is 0. The number of hydrogen-bond donors (Lipinski definition) is 1. The number of rotatable bonds is 0. The van der Waals surface area contributed by atoms with Crippen LogP contribution in [0.4, 0.5) is 0 Å². The van der Waals surface area contributed by atoms with Crippen molar-refractivity contribution in [3.63, 3.8) is 0 Å². The van der Waals surface area contributed by atoms with Gasteiger partial charge in [-0.1, -0.05) is 0 Å². The summed E-state index contributed by atoms with van der Waals surface area (Å²) in [4.78, 5) is 8.11. The Bertz CT molecular complexity index is 17.1. The van der Waals surface area contributed by atoms with Gasteiger partial charge in [0.05, 0.1) is 0 Å². The Balaban J connectivity index is -0.0000000200. The minimum absolute atomic E-state index is 0. The van der Waals surface area contributed by atoms with Crippen LogP contribution in [0.15, 0.2) is 5.34 Å². The molecule has 0 radical (unpaired) electrons. The zero-order chi connectivity index (χ0) is 2.71. The monoisotopic (exact) mass is 87.0 g/mol. The maximum Gasteiger partial charge on any atom is 1.00 e. The van der Waals surface area contributed by atoms with Crippen LogP contribution in [0.1, 0.15) is 1.43 Å². The van der Waals surface area contributed by atoms with Gasteiger partial charge >= 0.3 is 51.4 Å². The van der Waals surface area contributed by atoms with Gasteiger partial charge in [-0.3, -0.25) is 0 Å². The molecule has 0 heterocycles. The molecule has 0 rings (SSSR count). The third kappa shape index (κ3) is 11.7. The Hall–Kier alpha value is 1.04. The molecular weight excluding hydrogens is 85.1 g/mol. The van der Waals surface area contributed by atoms with E-state index in [2.05, 4.69) is 0 Å². The first-order valence-electron chi connectivity index (χ1n) is 0.383. The summed E-state index contributed by atoms with van der Waals surface area (Å²) in [6.07, 6.45) is 0. The van der Waals surface area contributed by atoms with Crippen LogP contribution >= 0.6 is 0 Å². The third-order valence-electron chi connectivity index (χ3n) is 0. The van der Waals surface area contributed by atoms with Crippen molar-refractivity contribution in [1.82, 2.24) is 0 Å². The van der Waals surface area contributed by atoms with Crippen LogP contribution in [0.5, 0.6) is 0 Å². The molecule has 0 saturated carbocycles. The quantitative estimate of drug-likeness (QED) is 0.198. The van der Waals surface area contributed by atoms with E-state index in [1.165, 1.54) is 5.34 Å². The predicted molar refractivity (Wildman–Crippen MR) is 8.69 cm³/mol. The molecule has 4 heteroatoms. The molecule has 0 bridgehead atoms. The van der Waals surface area contributed by atoms with Gasteiger partial charge in [0.2, 0.25) is 0 Å². The Kier molecular flexibility index (Phi) is 20.0.